The highest BCUT2D eigenvalue weighted by Gasteiger charge is 2.35. The van der Waals surface area contributed by atoms with Gasteiger partial charge in [0.1, 0.15) is 0 Å². The van der Waals surface area contributed by atoms with E-state index in [-0.39, 0.29) is 5.41 Å². The Morgan fingerprint density at radius 1 is 0.524 bits per heavy atom. The SMILES string of the molecule is Cc1ccc(N(c2ccc3c(c2)-c2ccccc2C3(C)C)c2cccc3c4cccc5c6ccccc6n(c23)c54)cc1. The van der Waals surface area contributed by atoms with Crippen molar-refractivity contribution in [3.05, 3.63) is 144 Å². The number of fused-ring (bicyclic) bond motifs is 9. The summed E-state index contributed by atoms with van der Waals surface area (Å²) in [5.41, 5.74) is 14.0. The van der Waals surface area contributed by atoms with E-state index in [1.807, 2.05) is 0 Å². The first-order valence-electron chi connectivity index (χ1n) is 14.8. The monoisotopic (exact) mass is 538 g/mol. The number of nitrogens with zero attached hydrogens (tertiary/aromatic N) is 2. The van der Waals surface area contributed by atoms with Crippen LogP contribution in [-0.4, -0.2) is 4.40 Å². The molecule has 200 valence electrons. The fourth-order valence-electron chi connectivity index (χ4n) is 7.60. The first-order valence-corrected chi connectivity index (χ1v) is 14.8. The summed E-state index contributed by atoms with van der Waals surface area (Å²) in [6.07, 6.45) is 0. The molecule has 0 bridgehead atoms. The zero-order chi connectivity index (χ0) is 28.2. The number of para-hydroxylation sites is 3. The summed E-state index contributed by atoms with van der Waals surface area (Å²) in [5, 5.41) is 5.19. The van der Waals surface area contributed by atoms with Gasteiger partial charge < -0.3 is 9.30 Å². The summed E-state index contributed by atoms with van der Waals surface area (Å²) in [6.45, 7) is 6.85. The second-order valence-corrected chi connectivity index (χ2v) is 12.3. The van der Waals surface area contributed by atoms with Crippen molar-refractivity contribution in [2.75, 3.05) is 4.90 Å². The summed E-state index contributed by atoms with van der Waals surface area (Å²) in [7, 11) is 0. The van der Waals surface area contributed by atoms with Gasteiger partial charge in [0.25, 0.3) is 0 Å². The predicted octanol–water partition coefficient (Wildman–Crippen LogP) is 10.9. The highest BCUT2D eigenvalue weighted by molar-refractivity contribution is 6.25. The summed E-state index contributed by atoms with van der Waals surface area (Å²) < 4.78 is 2.50. The molecule has 6 aromatic carbocycles. The number of hydrogen-bond donors (Lipinski definition) is 0. The third kappa shape index (κ3) is 2.99. The van der Waals surface area contributed by atoms with Gasteiger partial charge in [0.15, 0.2) is 0 Å². The van der Waals surface area contributed by atoms with Crippen molar-refractivity contribution in [1.29, 1.82) is 0 Å². The van der Waals surface area contributed by atoms with Crippen molar-refractivity contribution in [2.45, 2.75) is 26.2 Å². The van der Waals surface area contributed by atoms with Crippen LogP contribution in [0.15, 0.2) is 127 Å². The van der Waals surface area contributed by atoms with Gasteiger partial charge in [0.2, 0.25) is 0 Å². The Kier molecular flexibility index (Phi) is 4.63. The highest BCUT2D eigenvalue weighted by atomic mass is 15.2. The third-order valence-corrected chi connectivity index (χ3v) is 9.58. The van der Waals surface area contributed by atoms with Crippen molar-refractivity contribution in [3.8, 4) is 11.1 Å². The second-order valence-electron chi connectivity index (χ2n) is 12.3. The summed E-state index contributed by atoms with van der Waals surface area (Å²) in [4.78, 5) is 2.46. The molecule has 0 spiro atoms. The lowest BCUT2D eigenvalue weighted by Gasteiger charge is -2.28. The van der Waals surface area contributed by atoms with E-state index in [4.69, 9.17) is 0 Å². The Morgan fingerprint density at radius 3 is 1.98 bits per heavy atom. The number of benzene rings is 6. The molecule has 2 aromatic heterocycles. The molecule has 0 amide bonds. The van der Waals surface area contributed by atoms with E-state index in [9.17, 15) is 0 Å². The summed E-state index contributed by atoms with van der Waals surface area (Å²) >= 11 is 0. The number of anilines is 3. The highest BCUT2D eigenvalue weighted by Crippen LogP contribution is 2.51. The first-order chi connectivity index (χ1) is 20.5. The third-order valence-electron chi connectivity index (χ3n) is 9.58. The Hall–Kier alpha value is -5.08. The van der Waals surface area contributed by atoms with E-state index in [0.717, 1.165) is 5.69 Å². The van der Waals surface area contributed by atoms with Crippen LogP contribution in [0, 0.1) is 6.92 Å². The van der Waals surface area contributed by atoms with E-state index in [0.29, 0.717) is 0 Å². The average molecular weight is 539 g/mol. The molecular weight excluding hydrogens is 508 g/mol. The van der Waals surface area contributed by atoms with Crippen molar-refractivity contribution in [3.63, 3.8) is 0 Å². The first kappa shape index (κ1) is 23.6. The Labute approximate surface area is 245 Å². The van der Waals surface area contributed by atoms with Crippen LogP contribution in [0.5, 0.6) is 0 Å². The van der Waals surface area contributed by atoms with Crippen LogP contribution in [0.4, 0.5) is 17.1 Å². The molecule has 9 rings (SSSR count). The van der Waals surface area contributed by atoms with Gasteiger partial charge in [0, 0.05) is 38.3 Å². The minimum Gasteiger partial charge on any atom is -0.308 e. The fourth-order valence-corrected chi connectivity index (χ4v) is 7.60. The summed E-state index contributed by atoms with van der Waals surface area (Å²) in [6, 6.07) is 47.3. The van der Waals surface area contributed by atoms with E-state index < -0.39 is 0 Å². The number of hydrogen-bond acceptors (Lipinski definition) is 1. The van der Waals surface area contributed by atoms with Crippen molar-refractivity contribution >= 4 is 55.2 Å². The smallest absolute Gasteiger partial charge is 0.0782 e. The number of rotatable bonds is 3. The van der Waals surface area contributed by atoms with Crippen LogP contribution in [0.1, 0.15) is 30.5 Å². The maximum Gasteiger partial charge on any atom is 0.0782 e. The van der Waals surface area contributed by atoms with E-state index in [1.165, 1.54) is 77.3 Å². The van der Waals surface area contributed by atoms with Gasteiger partial charge in [-0.2, -0.15) is 0 Å². The van der Waals surface area contributed by atoms with Crippen LogP contribution in [0.2, 0.25) is 0 Å². The molecule has 0 aliphatic heterocycles. The molecule has 0 radical (unpaired) electrons. The normalized spacial score (nSPS) is 13.8. The van der Waals surface area contributed by atoms with Gasteiger partial charge in [-0.25, -0.2) is 0 Å². The van der Waals surface area contributed by atoms with Crippen molar-refractivity contribution in [1.82, 2.24) is 4.40 Å². The lowest BCUT2D eigenvalue weighted by molar-refractivity contribution is 0.660. The maximum absolute atomic E-state index is 2.50. The minimum atomic E-state index is -0.0234. The molecule has 0 atom stereocenters. The van der Waals surface area contributed by atoms with E-state index >= 15 is 0 Å². The molecule has 42 heavy (non-hydrogen) atoms. The molecule has 0 fully saturated rings. The average Bonchev–Trinajstić information content (AvgIpc) is 3.62. The molecule has 8 aromatic rings. The van der Waals surface area contributed by atoms with Crippen LogP contribution >= 0.6 is 0 Å². The van der Waals surface area contributed by atoms with Gasteiger partial charge in [-0.1, -0.05) is 110 Å². The van der Waals surface area contributed by atoms with Crippen LogP contribution < -0.4 is 4.90 Å². The molecule has 2 heteroatoms. The Balaban J connectivity index is 1.39. The Morgan fingerprint density at radius 2 is 1.14 bits per heavy atom. The van der Waals surface area contributed by atoms with Gasteiger partial charge in [0.05, 0.1) is 22.2 Å². The molecule has 2 heterocycles. The lowest BCUT2D eigenvalue weighted by Crippen LogP contribution is -2.15. The molecular formula is C40H30N2. The standard InChI is InChI=1S/C40H30N2/c1-25-18-20-26(21-19-25)41(27-22-23-35-33(24-27)28-10-4-6-15-34(28)40(35,2)3)37-17-9-14-32-31-13-8-12-30-29-11-5-7-16-36(29)42(38(30)31)39(32)37/h4-24H,1-3H3. The zero-order valence-electron chi connectivity index (χ0n) is 24.0. The molecule has 0 N–H and O–H groups in total. The lowest BCUT2D eigenvalue weighted by atomic mass is 9.82. The van der Waals surface area contributed by atoms with E-state index in [1.54, 1.807) is 0 Å². The maximum atomic E-state index is 2.50. The topological polar surface area (TPSA) is 7.65 Å². The molecule has 1 aliphatic carbocycles. The largest absolute Gasteiger partial charge is 0.308 e. The quantitative estimate of drug-likeness (QED) is 0.217. The zero-order valence-corrected chi connectivity index (χ0v) is 24.0. The molecule has 2 nitrogen and oxygen atoms in total. The molecule has 0 saturated carbocycles. The second kappa shape index (κ2) is 8.24. The van der Waals surface area contributed by atoms with Crippen LogP contribution in [0.25, 0.3) is 49.2 Å². The van der Waals surface area contributed by atoms with Gasteiger partial charge in [-0.05, 0) is 65.6 Å². The van der Waals surface area contributed by atoms with Crippen LogP contribution in [0.3, 0.4) is 0 Å². The van der Waals surface area contributed by atoms with Gasteiger partial charge in [-0.15, -0.1) is 0 Å². The van der Waals surface area contributed by atoms with Crippen LogP contribution in [-0.2, 0) is 5.41 Å². The number of aryl methyl sites for hydroxylation is 1. The van der Waals surface area contributed by atoms with E-state index in [2.05, 4.69) is 157 Å². The van der Waals surface area contributed by atoms with Gasteiger partial charge in [-0.3, -0.25) is 0 Å². The number of aromatic nitrogens is 1. The molecule has 1 aliphatic rings. The predicted molar refractivity (Wildman–Crippen MR) is 178 cm³/mol. The molecule has 0 saturated heterocycles. The van der Waals surface area contributed by atoms with Crippen molar-refractivity contribution < 1.29 is 0 Å². The van der Waals surface area contributed by atoms with Gasteiger partial charge >= 0.3 is 0 Å². The minimum absolute atomic E-state index is 0.0234. The Bertz CT molecular complexity index is 2340. The summed E-state index contributed by atoms with van der Waals surface area (Å²) in [5.74, 6) is 0. The fraction of sp³-hybridized carbons (Fsp3) is 0.100. The molecule has 0 unspecified atom stereocenters. The van der Waals surface area contributed by atoms with Crippen molar-refractivity contribution in [2.24, 2.45) is 0 Å².